The van der Waals surface area contributed by atoms with Crippen molar-refractivity contribution in [1.82, 2.24) is 19.1 Å². The smallest absolute Gasteiger partial charge is 0.286 e. The van der Waals surface area contributed by atoms with Gasteiger partial charge in [-0.15, -0.1) is 0 Å². The molecule has 3 aromatic heterocycles. The molecule has 0 radical (unpaired) electrons. The number of pyridine rings is 2. The zero-order chi connectivity index (χ0) is 18.8. The van der Waals surface area contributed by atoms with Crippen LogP contribution >= 0.6 is 0 Å². The van der Waals surface area contributed by atoms with Gasteiger partial charge in [-0.25, -0.2) is 9.78 Å². The largest absolute Gasteiger partial charge is 0.332 e. The average molecular weight is 358 g/mol. The highest BCUT2D eigenvalue weighted by atomic mass is 16.2. The van der Waals surface area contributed by atoms with Crippen molar-refractivity contribution in [2.24, 2.45) is 0 Å². The van der Waals surface area contributed by atoms with Crippen LogP contribution in [0.15, 0.2) is 76.6 Å². The maximum absolute atomic E-state index is 13.1. The zero-order valence-corrected chi connectivity index (χ0v) is 14.9. The van der Waals surface area contributed by atoms with Crippen LogP contribution in [0.5, 0.6) is 0 Å². The van der Waals surface area contributed by atoms with E-state index in [9.17, 15) is 9.59 Å². The predicted octanol–water partition coefficient (Wildman–Crippen LogP) is 2.36. The molecule has 3 heterocycles. The Hall–Kier alpha value is -3.54. The lowest BCUT2D eigenvalue weighted by Gasteiger charge is -2.13. The van der Waals surface area contributed by atoms with Gasteiger partial charge in [0.15, 0.2) is 5.52 Å². The third-order valence-electron chi connectivity index (χ3n) is 4.49. The Labute approximate surface area is 155 Å². The monoisotopic (exact) mass is 358 g/mol. The van der Waals surface area contributed by atoms with Crippen LogP contribution < -0.4 is 11.2 Å². The van der Waals surface area contributed by atoms with E-state index in [2.05, 4.69) is 9.97 Å². The summed E-state index contributed by atoms with van der Waals surface area (Å²) >= 11 is 0. The van der Waals surface area contributed by atoms with E-state index in [4.69, 9.17) is 0 Å². The number of hydrogen-bond acceptors (Lipinski definition) is 4. The topological polar surface area (TPSA) is 69.8 Å². The number of aryl methyl sites for hydroxylation is 1. The Morgan fingerprint density at radius 1 is 0.815 bits per heavy atom. The summed E-state index contributed by atoms with van der Waals surface area (Å²) in [5, 5.41) is 0. The van der Waals surface area contributed by atoms with Crippen LogP contribution in [-0.2, 0) is 13.1 Å². The number of rotatable bonds is 4. The first-order valence-electron chi connectivity index (χ1n) is 8.67. The van der Waals surface area contributed by atoms with Crippen LogP contribution in [0.4, 0.5) is 0 Å². The molecule has 0 unspecified atom stereocenters. The van der Waals surface area contributed by atoms with E-state index in [-0.39, 0.29) is 29.9 Å². The first kappa shape index (κ1) is 16.9. The quantitative estimate of drug-likeness (QED) is 0.562. The number of benzene rings is 1. The third-order valence-corrected chi connectivity index (χ3v) is 4.49. The lowest BCUT2D eigenvalue weighted by molar-refractivity contribution is 0.628. The molecule has 1 aromatic carbocycles. The van der Waals surface area contributed by atoms with E-state index in [1.165, 1.54) is 4.57 Å². The van der Waals surface area contributed by atoms with Crippen molar-refractivity contribution in [3.05, 3.63) is 105 Å². The lowest BCUT2D eigenvalue weighted by atomic mass is 10.1. The van der Waals surface area contributed by atoms with Gasteiger partial charge < -0.3 is 0 Å². The highest BCUT2D eigenvalue weighted by molar-refractivity contribution is 5.73. The molecule has 134 valence electrons. The maximum atomic E-state index is 13.1. The van der Waals surface area contributed by atoms with Crippen molar-refractivity contribution >= 4 is 11.0 Å². The second-order valence-electron chi connectivity index (χ2n) is 6.44. The molecule has 0 N–H and O–H groups in total. The minimum atomic E-state index is -0.381. The summed E-state index contributed by atoms with van der Waals surface area (Å²) in [6.07, 6.45) is 3.25. The van der Waals surface area contributed by atoms with Gasteiger partial charge >= 0.3 is 5.69 Å². The van der Waals surface area contributed by atoms with Crippen LogP contribution in [0.3, 0.4) is 0 Å². The normalized spacial score (nSPS) is 11.0. The van der Waals surface area contributed by atoms with Gasteiger partial charge in [0.2, 0.25) is 0 Å². The molecule has 0 atom stereocenters. The maximum Gasteiger partial charge on any atom is 0.332 e. The minimum Gasteiger partial charge on any atom is -0.286 e. The molecule has 0 saturated heterocycles. The van der Waals surface area contributed by atoms with E-state index in [0.29, 0.717) is 5.52 Å². The fourth-order valence-corrected chi connectivity index (χ4v) is 3.06. The molecule has 6 heteroatoms. The molecule has 0 amide bonds. The van der Waals surface area contributed by atoms with Crippen molar-refractivity contribution in [1.29, 1.82) is 0 Å². The van der Waals surface area contributed by atoms with Gasteiger partial charge in [-0.1, -0.05) is 35.9 Å². The van der Waals surface area contributed by atoms with Crippen LogP contribution in [-0.4, -0.2) is 19.1 Å². The predicted molar refractivity (Wildman–Crippen MR) is 104 cm³/mol. The molecular weight excluding hydrogens is 340 g/mol. The first-order chi connectivity index (χ1) is 13.1. The highest BCUT2D eigenvalue weighted by Gasteiger charge is 2.14. The molecule has 0 bridgehead atoms. The van der Waals surface area contributed by atoms with Gasteiger partial charge in [-0.3, -0.25) is 18.9 Å². The summed E-state index contributed by atoms with van der Waals surface area (Å²) in [5.41, 5.74) is 2.79. The Balaban J connectivity index is 1.90. The number of aromatic nitrogens is 4. The fraction of sp³-hybridized carbons (Fsp3) is 0.143. The summed E-state index contributed by atoms with van der Waals surface area (Å²) in [6, 6.07) is 16.8. The number of hydrogen-bond donors (Lipinski definition) is 0. The Morgan fingerprint density at radius 3 is 2.33 bits per heavy atom. The molecule has 6 nitrogen and oxygen atoms in total. The van der Waals surface area contributed by atoms with Gasteiger partial charge in [-0.05, 0) is 36.8 Å². The molecule has 0 spiro atoms. The van der Waals surface area contributed by atoms with Crippen molar-refractivity contribution in [2.45, 2.75) is 20.0 Å². The molecule has 0 aliphatic carbocycles. The van der Waals surface area contributed by atoms with Gasteiger partial charge in [0.25, 0.3) is 5.56 Å². The van der Waals surface area contributed by atoms with E-state index in [0.717, 1.165) is 16.8 Å². The summed E-state index contributed by atoms with van der Waals surface area (Å²) in [7, 11) is 0. The molecule has 0 aliphatic rings. The van der Waals surface area contributed by atoms with Crippen molar-refractivity contribution in [3.63, 3.8) is 0 Å². The Kier molecular flexibility index (Phi) is 4.38. The van der Waals surface area contributed by atoms with Gasteiger partial charge in [-0.2, -0.15) is 0 Å². The molecule has 4 aromatic rings. The molecular formula is C21H18N4O2. The molecule has 0 aliphatic heterocycles. The van der Waals surface area contributed by atoms with E-state index < -0.39 is 0 Å². The minimum absolute atomic E-state index is 0.201. The Morgan fingerprint density at radius 2 is 1.59 bits per heavy atom. The third kappa shape index (κ3) is 3.29. The molecule has 0 fully saturated rings. The van der Waals surface area contributed by atoms with Gasteiger partial charge in [0, 0.05) is 12.4 Å². The summed E-state index contributed by atoms with van der Waals surface area (Å²) in [4.78, 5) is 34.6. The lowest BCUT2D eigenvalue weighted by Crippen LogP contribution is -2.41. The SMILES string of the molecule is Cc1ccc(Cn2c(=O)c3ncccc3n(Cc3ccccn3)c2=O)cc1. The van der Waals surface area contributed by atoms with E-state index in [1.54, 1.807) is 29.1 Å². The molecule has 4 rings (SSSR count). The summed E-state index contributed by atoms with van der Waals surface area (Å²) in [6.45, 7) is 2.47. The second-order valence-corrected chi connectivity index (χ2v) is 6.44. The van der Waals surface area contributed by atoms with Crippen LogP contribution in [0.2, 0.25) is 0 Å². The van der Waals surface area contributed by atoms with Crippen LogP contribution in [0.1, 0.15) is 16.8 Å². The van der Waals surface area contributed by atoms with Crippen molar-refractivity contribution in [2.75, 3.05) is 0 Å². The standard InChI is InChI=1S/C21H18N4O2/c1-15-7-9-16(10-8-15)13-25-20(26)19-18(6-4-12-23-19)24(21(25)27)14-17-5-2-3-11-22-17/h2-12H,13-14H2,1H3. The molecule has 27 heavy (non-hydrogen) atoms. The first-order valence-corrected chi connectivity index (χ1v) is 8.67. The fourth-order valence-electron chi connectivity index (χ4n) is 3.06. The summed E-state index contributed by atoms with van der Waals surface area (Å²) in [5.74, 6) is 0. The van der Waals surface area contributed by atoms with Crippen molar-refractivity contribution < 1.29 is 0 Å². The number of fused-ring (bicyclic) bond motifs is 1. The highest BCUT2D eigenvalue weighted by Crippen LogP contribution is 2.09. The van der Waals surface area contributed by atoms with Gasteiger partial charge in [0.1, 0.15) is 0 Å². The number of nitrogens with zero attached hydrogens (tertiary/aromatic N) is 4. The summed E-state index contributed by atoms with van der Waals surface area (Å²) < 4.78 is 2.79. The van der Waals surface area contributed by atoms with Gasteiger partial charge in [0.05, 0.1) is 24.3 Å². The molecule has 0 saturated carbocycles. The van der Waals surface area contributed by atoms with E-state index >= 15 is 0 Å². The van der Waals surface area contributed by atoms with Crippen molar-refractivity contribution in [3.8, 4) is 0 Å². The zero-order valence-electron chi connectivity index (χ0n) is 14.9. The second kappa shape index (κ2) is 6.99. The van der Waals surface area contributed by atoms with E-state index in [1.807, 2.05) is 49.4 Å². The average Bonchev–Trinajstić information content (AvgIpc) is 2.71. The van der Waals surface area contributed by atoms with Crippen LogP contribution in [0, 0.1) is 6.92 Å². The van der Waals surface area contributed by atoms with Crippen LogP contribution in [0.25, 0.3) is 11.0 Å². The Bertz CT molecular complexity index is 1210.